The van der Waals surface area contributed by atoms with Crippen molar-refractivity contribution in [2.75, 3.05) is 10.6 Å². The molecule has 0 saturated carbocycles. The predicted octanol–water partition coefficient (Wildman–Crippen LogP) is 5.28. The van der Waals surface area contributed by atoms with Gasteiger partial charge in [0.25, 0.3) is 0 Å². The van der Waals surface area contributed by atoms with Crippen molar-refractivity contribution in [2.45, 2.75) is 12.7 Å². The summed E-state index contributed by atoms with van der Waals surface area (Å²) in [5, 5.41) is 5.66. The highest BCUT2D eigenvalue weighted by Gasteiger charge is 2.34. The molecule has 2 aromatic heterocycles. The molecule has 4 rings (SSSR count). The first-order chi connectivity index (χ1) is 14.8. The van der Waals surface area contributed by atoms with E-state index in [0.29, 0.717) is 24.4 Å². The monoisotopic (exact) mass is 429 g/mol. The molecule has 0 atom stereocenters. The number of urea groups is 1. The average Bonchev–Trinajstić information content (AvgIpc) is 3.13. The molecule has 4 aromatic rings. The Labute approximate surface area is 173 Å². The lowest BCUT2D eigenvalue weighted by molar-refractivity contribution is -0.139. The maximum atomic E-state index is 13.4. The number of hydrogen-bond acceptors (Lipinski definition) is 3. The molecule has 31 heavy (non-hydrogen) atoms. The Morgan fingerprint density at radius 3 is 2.65 bits per heavy atom. The summed E-state index contributed by atoms with van der Waals surface area (Å²) in [6.45, 7) is 0.497. The van der Waals surface area contributed by atoms with Gasteiger partial charge >= 0.3 is 12.2 Å². The topological polar surface area (TPSA) is 71.8 Å². The van der Waals surface area contributed by atoms with Crippen molar-refractivity contribution in [2.24, 2.45) is 0 Å². The third-order valence-electron chi connectivity index (χ3n) is 4.57. The fourth-order valence-electron chi connectivity index (χ4n) is 3.16. The van der Waals surface area contributed by atoms with E-state index in [1.165, 1.54) is 6.33 Å². The lowest BCUT2D eigenvalue weighted by Gasteiger charge is -2.12. The van der Waals surface area contributed by atoms with Gasteiger partial charge in [0, 0.05) is 23.5 Å². The Hall–Kier alpha value is -3.95. The molecule has 0 radical (unpaired) electrons. The van der Waals surface area contributed by atoms with Gasteiger partial charge in [-0.2, -0.15) is 13.2 Å². The van der Waals surface area contributed by atoms with E-state index in [4.69, 9.17) is 0 Å². The number of fused-ring (bicyclic) bond motifs is 1. The lowest BCUT2D eigenvalue weighted by Crippen LogP contribution is -2.20. The molecule has 0 spiro atoms. The van der Waals surface area contributed by atoms with Gasteiger partial charge in [0.15, 0.2) is 0 Å². The fourth-order valence-corrected chi connectivity index (χ4v) is 3.16. The first kappa shape index (κ1) is 20.3. The summed E-state index contributed by atoms with van der Waals surface area (Å²) in [6, 6.07) is 10.4. The summed E-state index contributed by atoms with van der Waals surface area (Å²) in [5.41, 5.74) is 0.474. The number of benzene rings is 2. The Balaban J connectivity index is 1.53. The smallest absolute Gasteiger partial charge is 0.341 e. The molecular weight excluding hydrogens is 414 g/mol. The summed E-state index contributed by atoms with van der Waals surface area (Å²) < 4.78 is 54.0. The van der Waals surface area contributed by atoms with Crippen LogP contribution in [-0.2, 0) is 12.7 Å². The Morgan fingerprint density at radius 1 is 1.06 bits per heavy atom. The number of rotatable bonds is 4. The molecule has 0 bridgehead atoms. The van der Waals surface area contributed by atoms with Crippen molar-refractivity contribution in [3.8, 4) is 0 Å². The molecule has 2 aromatic carbocycles. The standard InChI is InChI=1S/C21H15F4N5O/c22-17-5-4-13(10-16(17)21(23,24)25)28-20(31)29-18-2-1-3-19-15(18)7-9-30(19)11-14-6-8-26-12-27-14/h1-10,12H,11H2,(H2,28,29,31). The van der Waals surface area contributed by atoms with Crippen LogP contribution in [0.4, 0.5) is 33.7 Å². The van der Waals surface area contributed by atoms with E-state index in [0.717, 1.165) is 22.7 Å². The molecule has 2 N–H and O–H groups in total. The number of anilines is 2. The van der Waals surface area contributed by atoms with Crippen molar-refractivity contribution < 1.29 is 22.4 Å². The molecule has 6 nitrogen and oxygen atoms in total. The zero-order valence-electron chi connectivity index (χ0n) is 15.8. The number of amides is 2. The molecule has 2 amide bonds. The van der Waals surface area contributed by atoms with Gasteiger partial charge < -0.3 is 15.2 Å². The zero-order valence-corrected chi connectivity index (χ0v) is 15.8. The lowest BCUT2D eigenvalue weighted by atomic mass is 10.2. The van der Waals surface area contributed by atoms with E-state index in [1.54, 1.807) is 24.4 Å². The molecule has 0 fully saturated rings. The molecule has 0 saturated heterocycles. The van der Waals surface area contributed by atoms with Crippen LogP contribution in [0.15, 0.2) is 67.3 Å². The van der Waals surface area contributed by atoms with E-state index >= 15 is 0 Å². The third-order valence-corrected chi connectivity index (χ3v) is 4.57. The van der Waals surface area contributed by atoms with Crippen LogP contribution in [0, 0.1) is 5.82 Å². The van der Waals surface area contributed by atoms with Crippen LogP contribution < -0.4 is 10.6 Å². The molecule has 0 aliphatic carbocycles. The van der Waals surface area contributed by atoms with Crippen LogP contribution in [0.25, 0.3) is 10.9 Å². The van der Waals surface area contributed by atoms with Gasteiger partial charge in [-0.05, 0) is 42.5 Å². The molecular formula is C21H15F4N5O. The highest BCUT2D eigenvalue weighted by molar-refractivity contribution is 6.05. The Kier molecular flexibility index (Phi) is 5.28. The molecule has 0 unspecified atom stereocenters. The molecule has 10 heteroatoms. The maximum Gasteiger partial charge on any atom is 0.419 e. The van der Waals surface area contributed by atoms with E-state index in [-0.39, 0.29) is 5.69 Å². The summed E-state index contributed by atoms with van der Waals surface area (Å²) >= 11 is 0. The van der Waals surface area contributed by atoms with Gasteiger partial charge in [-0.25, -0.2) is 19.2 Å². The van der Waals surface area contributed by atoms with Gasteiger partial charge in [0.05, 0.1) is 29.0 Å². The van der Waals surface area contributed by atoms with Gasteiger partial charge in [-0.3, -0.25) is 0 Å². The van der Waals surface area contributed by atoms with Crippen LogP contribution in [0.3, 0.4) is 0 Å². The van der Waals surface area contributed by atoms with Crippen molar-refractivity contribution in [1.29, 1.82) is 0 Å². The second-order valence-corrected chi connectivity index (χ2v) is 6.65. The Bertz CT molecular complexity index is 1240. The van der Waals surface area contributed by atoms with Crippen molar-refractivity contribution in [3.05, 3.63) is 84.3 Å². The van der Waals surface area contributed by atoms with Gasteiger partial charge in [0.1, 0.15) is 12.1 Å². The van der Waals surface area contributed by atoms with Crippen LogP contribution in [-0.4, -0.2) is 20.6 Å². The number of nitrogens with one attached hydrogen (secondary N) is 2. The van der Waals surface area contributed by atoms with E-state index in [2.05, 4.69) is 20.6 Å². The number of alkyl halides is 3. The fraction of sp³-hybridized carbons (Fsp3) is 0.0952. The minimum atomic E-state index is -4.86. The highest BCUT2D eigenvalue weighted by atomic mass is 19.4. The largest absolute Gasteiger partial charge is 0.419 e. The first-order valence-corrected chi connectivity index (χ1v) is 9.09. The quantitative estimate of drug-likeness (QED) is 0.434. The van der Waals surface area contributed by atoms with Crippen molar-refractivity contribution in [3.63, 3.8) is 0 Å². The molecule has 0 aliphatic rings. The summed E-state index contributed by atoms with van der Waals surface area (Å²) in [4.78, 5) is 20.4. The van der Waals surface area contributed by atoms with E-state index in [1.807, 2.05) is 22.9 Å². The number of nitrogens with zero attached hydrogens (tertiary/aromatic N) is 3. The van der Waals surface area contributed by atoms with E-state index < -0.39 is 23.6 Å². The molecule has 158 valence electrons. The van der Waals surface area contributed by atoms with Gasteiger partial charge in [0.2, 0.25) is 0 Å². The molecule has 0 aliphatic heterocycles. The van der Waals surface area contributed by atoms with E-state index in [9.17, 15) is 22.4 Å². The number of carbonyl (C=O) groups is 1. The molecule has 2 heterocycles. The second-order valence-electron chi connectivity index (χ2n) is 6.65. The number of carbonyl (C=O) groups excluding carboxylic acids is 1. The normalized spacial score (nSPS) is 11.5. The van der Waals surface area contributed by atoms with Crippen LogP contribution in [0.5, 0.6) is 0 Å². The summed E-state index contributed by atoms with van der Waals surface area (Å²) in [5.74, 6) is -1.41. The van der Waals surface area contributed by atoms with Crippen molar-refractivity contribution >= 4 is 28.3 Å². The minimum Gasteiger partial charge on any atom is -0.341 e. The SMILES string of the molecule is O=C(Nc1ccc(F)c(C(F)(F)F)c1)Nc1cccc2c1ccn2Cc1ccncn1. The maximum absolute atomic E-state index is 13.4. The first-order valence-electron chi connectivity index (χ1n) is 9.09. The second kappa shape index (κ2) is 8.05. The predicted molar refractivity (Wildman–Crippen MR) is 107 cm³/mol. The van der Waals surface area contributed by atoms with Gasteiger partial charge in [-0.15, -0.1) is 0 Å². The highest BCUT2D eigenvalue weighted by Crippen LogP contribution is 2.33. The third kappa shape index (κ3) is 4.47. The average molecular weight is 429 g/mol. The van der Waals surface area contributed by atoms with Gasteiger partial charge in [-0.1, -0.05) is 6.07 Å². The number of hydrogen-bond donors (Lipinski definition) is 2. The van der Waals surface area contributed by atoms with Crippen LogP contribution in [0.2, 0.25) is 0 Å². The number of aromatic nitrogens is 3. The van der Waals surface area contributed by atoms with Crippen molar-refractivity contribution in [1.82, 2.24) is 14.5 Å². The van der Waals surface area contributed by atoms with Crippen LogP contribution >= 0.6 is 0 Å². The minimum absolute atomic E-state index is 0.181. The Morgan fingerprint density at radius 2 is 1.90 bits per heavy atom. The summed E-state index contributed by atoms with van der Waals surface area (Å²) in [6.07, 6.45) is 0.0743. The van der Waals surface area contributed by atoms with Crippen LogP contribution in [0.1, 0.15) is 11.3 Å². The zero-order chi connectivity index (χ0) is 22.0. The summed E-state index contributed by atoms with van der Waals surface area (Å²) in [7, 11) is 0. The number of halogens is 4.